The van der Waals surface area contributed by atoms with Crippen LogP contribution in [0.4, 0.5) is 5.69 Å². The lowest BCUT2D eigenvalue weighted by Crippen LogP contribution is -2.49. The Morgan fingerprint density at radius 2 is 1.85 bits per heavy atom. The van der Waals surface area contributed by atoms with Crippen molar-refractivity contribution in [3.05, 3.63) is 51.7 Å². The Bertz CT molecular complexity index is 735. The minimum atomic E-state index is -0.221. The van der Waals surface area contributed by atoms with Crippen molar-refractivity contribution in [3.8, 4) is 0 Å². The molecule has 1 saturated heterocycles. The molecule has 4 nitrogen and oxygen atoms in total. The topological polar surface area (TPSA) is 35.6 Å². The molecule has 2 heterocycles. The van der Waals surface area contributed by atoms with Gasteiger partial charge in [-0.25, -0.2) is 0 Å². The van der Waals surface area contributed by atoms with Gasteiger partial charge in [0.15, 0.2) is 0 Å². The zero-order valence-electron chi connectivity index (χ0n) is 14.8. The molecule has 0 spiro atoms. The average Bonchev–Trinajstić information content (AvgIpc) is 3.29. The van der Waals surface area contributed by atoms with Gasteiger partial charge in [0.1, 0.15) is 0 Å². The number of anilines is 1. The van der Waals surface area contributed by atoms with Gasteiger partial charge in [0.05, 0.1) is 5.41 Å². The molecule has 26 heavy (non-hydrogen) atoms. The normalized spacial score (nSPS) is 19.3. The SMILES string of the molecule is O=C(NCCN1CCN(c2ccc(Cl)cc2)CC1)C1(c2cccs2)CC1. The molecule has 0 radical (unpaired) electrons. The lowest BCUT2D eigenvalue weighted by Gasteiger charge is -2.36. The van der Waals surface area contributed by atoms with Crippen molar-refractivity contribution in [2.24, 2.45) is 0 Å². The van der Waals surface area contributed by atoms with E-state index in [2.05, 4.69) is 38.7 Å². The Morgan fingerprint density at radius 1 is 1.12 bits per heavy atom. The van der Waals surface area contributed by atoms with Gasteiger partial charge in [0, 0.05) is 54.9 Å². The summed E-state index contributed by atoms with van der Waals surface area (Å²) in [4.78, 5) is 18.6. The largest absolute Gasteiger partial charge is 0.369 e. The molecule has 0 bridgehead atoms. The number of hydrogen-bond donors (Lipinski definition) is 1. The van der Waals surface area contributed by atoms with E-state index in [1.54, 1.807) is 11.3 Å². The van der Waals surface area contributed by atoms with Crippen molar-refractivity contribution < 1.29 is 4.79 Å². The van der Waals surface area contributed by atoms with Gasteiger partial charge < -0.3 is 10.2 Å². The van der Waals surface area contributed by atoms with Crippen LogP contribution in [0, 0.1) is 0 Å². The number of carbonyl (C=O) groups is 1. The molecule has 2 fully saturated rings. The first-order valence-corrected chi connectivity index (χ1v) is 10.5. The number of hydrogen-bond acceptors (Lipinski definition) is 4. The number of piperazine rings is 1. The Labute approximate surface area is 163 Å². The number of nitrogens with one attached hydrogen (secondary N) is 1. The van der Waals surface area contributed by atoms with E-state index < -0.39 is 0 Å². The maximum absolute atomic E-state index is 12.6. The van der Waals surface area contributed by atoms with Gasteiger partial charge in [-0.1, -0.05) is 17.7 Å². The van der Waals surface area contributed by atoms with Crippen LogP contribution in [-0.2, 0) is 10.2 Å². The zero-order chi connectivity index (χ0) is 18.0. The molecular formula is C20H24ClN3OS. The van der Waals surface area contributed by atoms with Gasteiger partial charge in [-0.15, -0.1) is 11.3 Å². The molecule has 1 saturated carbocycles. The van der Waals surface area contributed by atoms with Gasteiger partial charge >= 0.3 is 0 Å². The fraction of sp³-hybridized carbons (Fsp3) is 0.450. The van der Waals surface area contributed by atoms with Gasteiger partial charge in [0.2, 0.25) is 5.91 Å². The van der Waals surface area contributed by atoms with E-state index in [0.717, 1.165) is 57.1 Å². The van der Waals surface area contributed by atoms with Gasteiger partial charge in [-0.2, -0.15) is 0 Å². The summed E-state index contributed by atoms with van der Waals surface area (Å²) in [6.07, 6.45) is 1.97. The number of amides is 1. The summed E-state index contributed by atoms with van der Waals surface area (Å²) in [5.74, 6) is 0.208. The predicted molar refractivity (Wildman–Crippen MR) is 108 cm³/mol. The Morgan fingerprint density at radius 3 is 2.46 bits per heavy atom. The van der Waals surface area contributed by atoms with E-state index >= 15 is 0 Å². The summed E-state index contributed by atoms with van der Waals surface area (Å²) in [5.41, 5.74) is 1.01. The van der Waals surface area contributed by atoms with Crippen molar-refractivity contribution >= 4 is 34.5 Å². The summed E-state index contributed by atoms with van der Waals surface area (Å²) in [6, 6.07) is 12.2. The first-order chi connectivity index (χ1) is 12.7. The van der Waals surface area contributed by atoms with Crippen LogP contribution in [-0.4, -0.2) is 50.1 Å². The highest BCUT2D eigenvalue weighted by Crippen LogP contribution is 2.50. The van der Waals surface area contributed by atoms with E-state index in [9.17, 15) is 4.79 Å². The summed E-state index contributed by atoms with van der Waals surface area (Å²) in [7, 11) is 0. The molecule has 4 rings (SSSR count). The van der Waals surface area contributed by atoms with E-state index in [-0.39, 0.29) is 11.3 Å². The zero-order valence-corrected chi connectivity index (χ0v) is 16.4. The Kier molecular flexibility index (Phi) is 5.20. The van der Waals surface area contributed by atoms with Crippen molar-refractivity contribution in [1.29, 1.82) is 0 Å². The minimum Gasteiger partial charge on any atom is -0.369 e. The molecule has 0 atom stereocenters. The van der Waals surface area contributed by atoms with Crippen LogP contribution in [0.5, 0.6) is 0 Å². The maximum Gasteiger partial charge on any atom is 0.231 e. The van der Waals surface area contributed by atoms with E-state index in [4.69, 9.17) is 11.6 Å². The molecule has 1 aromatic carbocycles. The second-order valence-electron chi connectivity index (χ2n) is 7.12. The number of halogens is 1. The lowest BCUT2D eigenvalue weighted by molar-refractivity contribution is -0.123. The first-order valence-electron chi connectivity index (χ1n) is 9.23. The van der Waals surface area contributed by atoms with Crippen LogP contribution in [0.15, 0.2) is 41.8 Å². The number of benzene rings is 1. The molecule has 1 aliphatic carbocycles. The minimum absolute atomic E-state index is 0.208. The second-order valence-corrected chi connectivity index (χ2v) is 8.50. The molecule has 0 unspecified atom stereocenters. The molecular weight excluding hydrogens is 366 g/mol. The average molecular weight is 390 g/mol. The molecule has 138 valence electrons. The third-order valence-corrected chi connectivity index (χ3v) is 6.78. The first kappa shape index (κ1) is 17.8. The molecule has 6 heteroatoms. The quantitative estimate of drug-likeness (QED) is 0.822. The fourth-order valence-corrected chi connectivity index (χ4v) is 4.75. The molecule has 1 aromatic heterocycles. The summed E-state index contributed by atoms with van der Waals surface area (Å²) < 4.78 is 0. The van der Waals surface area contributed by atoms with Gasteiger partial charge in [-0.3, -0.25) is 9.69 Å². The van der Waals surface area contributed by atoms with Crippen molar-refractivity contribution in [1.82, 2.24) is 10.2 Å². The summed E-state index contributed by atoms with van der Waals surface area (Å²) >= 11 is 7.66. The number of rotatable bonds is 6. The smallest absolute Gasteiger partial charge is 0.231 e. The number of nitrogens with zero attached hydrogens (tertiary/aromatic N) is 2. The van der Waals surface area contributed by atoms with Crippen LogP contribution in [0.1, 0.15) is 17.7 Å². The van der Waals surface area contributed by atoms with Crippen molar-refractivity contribution in [2.45, 2.75) is 18.3 Å². The van der Waals surface area contributed by atoms with Crippen LogP contribution in [0.25, 0.3) is 0 Å². The van der Waals surface area contributed by atoms with Crippen molar-refractivity contribution in [3.63, 3.8) is 0 Å². The van der Waals surface area contributed by atoms with Crippen molar-refractivity contribution in [2.75, 3.05) is 44.2 Å². The van der Waals surface area contributed by atoms with E-state index in [1.807, 2.05) is 18.2 Å². The van der Waals surface area contributed by atoms with E-state index in [1.165, 1.54) is 10.6 Å². The number of thiophene rings is 1. The Hall–Kier alpha value is -1.56. The molecule has 2 aliphatic rings. The van der Waals surface area contributed by atoms with Crippen LogP contribution in [0.2, 0.25) is 5.02 Å². The molecule has 2 aromatic rings. The lowest BCUT2D eigenvalue weighted by atomic mass is 10.0. The molecule has 1 aliphatic heterocycles. The number of carbonyl (C=O) groups excluding carboxylic acids is 1. The Balaban J connectivity index is 1.21. The summed E-state index contributed by atoms with van der Waals surface area (Å²) in [5, 5.41) is 6.00. The molecule has 1 N–H and O–H groups in total. The highest BCUT2D eigenvalue weighted by atomic mass is 35.5. The van der Waals surface area contributed by atoms with Gasteiger partial charge in [0.25, 0.3) is 0 Å². The molecule has 1 amide bonds. The van der Waals surface area contributed by atoms with E-state index in [0.29, 0.717) is 0 Å². The second kappa shape index (κ2) is 7.59. The van der Waals surface area contributed by atoms with Crippen LogP contribution >= 0.6 is 22.9 Å². The van der Waals surface area contributed by atoms with Crippen LogP contribution in [0.3, 0.4) is 0 Å². The monoisotopic (exact) mass is 389 g/mol. The van der Waals surface area contributed by atoms with Crippen LogP contribution < -0.4 is 10.2 Å². The highest BCUT2D eigenvalue weighted by Gasteiger charge is 2.51. The standard InChI is InChI=1S/C20H24ClN3OS/c21-16-3-5-17(6-4-16)24-13-11-23(12-14-24)10-9-22-19(25)20(7-8-20)18-2-1-15-26-18/h1-6,15H,7-14H2,(H,22,25). The van der Waals surface area contributed by atoms with Gasteiger partial charge in [-0.05, 0) is 48.6 Å². The fourth-order valence-electron chi connectivity index (χ4n) is 3.64. The summed E-state index contributed by atoms with van der Waals surface area (Å²) in [6.45, 7) is 5.71. The predicted octanol–water partition coefficient (Wildman–Crippen LogP) is 3.37. The highest BCUT2D eigenvalue weighted by molar-refractivity contribution is 7.10. The third-order valence-electron chi connectivity index (χ3n) is 5.46. The third kappa shape index (κ3) is 3.75. The maximum atomic E-state index is 12.6.